The minimum atomic E-state index is -0.924. The molecule has 0 aromatic carbocycles. The average molecular weight is 515 g/mol. The Labute approximate surface area is 220 Å². The number of carbonyl (C=O) groups excluding carboxylic acids is 4. The number of esters is 1. The van der Waals surface area contributed by atoms with Crippen molar-refractivity contribution in [3.8, 4) is 6.07 Å². The molecule has 0 radical (unpaired) electrons. The first kappa shape index (κ1) is 30.1. The molecule has 1 unspecified atom stereocenters. The predicted octanol–water partition coefficient (Wildman–Crippen LogP) is 3.06. The van der Waals surface area contributed by atoms with Crippen molar-refractivity contribution in [3.63, 3.8) is 0 Å². The lowest BCUT2D eigenvalue weighted by Crippen LogP contribution is -2.54. The molecule has 1 aliphatic carbocycles. The van der Waals surface area contributed by atoms with E-state index in [1.54, 1.807) is 12.2 Å². The summed E-state index contributed by atoms with van der Waals surface area (Å²) >= 11 is 0. The maximum absolute atomic E-state index is 13.2. The van der Waals surface area contributed by atoms with Crippen LogP contribution in [0, 0.1) is 29.1 Å². The third kappa shape index (κ3) is 9.67. The van der Waals surface area contributed by atoms with E-state index in [4.69, 9.17) is 10.00 Å². The summed E-state index contributed by atoms with van der Waals surface area (Å²) < 4.78 is 5.85. The maximum Gasteiger partial charge on any atom is 0.328 e. The molecule has 0 aromatic heterocycles. The van der Waals surface area contributed by atoms with Crippen molar-refractivity contribution in [3.05, 3.63) is 23.8 Å². The highest BCUT2D eigenvalue weighted by atomic mass is 16.5. The number of hydrogen-bond acceptors (Lipinski definition) is 6. The van der Waals surface area contributed by atoms with E-state index in [2.05, 4.69) is 28.9 Å². The fraction of sp³-hybridized carbons (Fsp3) is 0.679. The van der Waals surface area contributed by atoms with Gasteiger partial charge in [-0.1, -0.05) is 58.8 Å². The second-order valence-corrected chi connectivity index (χ2v) is 10.7. The smallest absolute Gasteiger partial charge is 0.328 e. The van der Waals surface area contributed by atoms with Crippen LogP contribution in [0.1, 0.15) is 79.6 Å². The van der Waals surface area contributed by atoms with E-state index < -0.39 is 47.9 Å². The normalized spacial score (nSPS) is 28.4. The van der Waals surface area contributed by atoms with E-state index in [0.29, 0.717) is 12.8 Å². The Morgan fingerprint density at radius 3 is 2.41 bits per heavy atom. The molecule has 1 saturated heterocycles. The minimum absolute atomic E-state index is 0.0757. The highest BCUT2D eigenvalue weighted by Crippen LogP contribution is 2.22. The van der Waals surface area contributed by atoms with E-state index in [0.717, 1.165) is 24.8 Å². The van der Waals surface area contributed by atoms with Crippen LogP contribution in [0.5, 0.6) is 0 Å². The van der Waals surface area contributed by atoms with Gasteiger partial charge in [0.1, 0.15) is 24.2 Å². The molecule has 1 aliphatic heterocycles. The van der Waals surface area contributed by atoms with Gasteiger partial charge in [0.2, 0.25) is 17.7 Å². The Hall–Kier alpha value is -3.15. The summed E-state index contributed by atoms with van der Waals surface area (Å²) in [5.41, 5.74) is 0.824. The first-order chi connectivity index (χ1) is 17.5. The molecule has 2 rings (SSSR count). The molecule has 9 nitrogen and oxygen atoms in total. The highest BCUT2D eigenvalue weighted by molar-refractivity contribution is 5.94. The summed E-state index contributed by atoms with van der Waals surface area (Å²) in [6.45, 7) is 9.44. The standard InChI is InChI=1S/C28H42N4O5/c1-6-7-8-18(4)24-15-25(33)31-22(14-20-9-11-21(16-29)12-10-20)27(35)30-19(5)26(34)32-23(13-17(2)3)28(36)37-24/h9-11,17-19,21-24H,6-8,12-15H2,1-5H3,(H,30,35)(H,31,33)(H,32,34)/t18-,19-,21?,22+,23+,24-/m0/s1. The molecule has 9 heteroatoms. The van der Waals surface area contributed by atoms with Gasteiger partial charge in [0.05, 0.1) is 18.4 Å². The Morgan fingerprint density at radius 2 is 1.81 bits per heavy atom. The number of nitrogens with one attached hydrogen (secondary N) is 3. The molecule has 3 N–H and O–H groups in total. The van der Waals surface area contributed by atoms with Crippen LogP contribution < -0.4 is 16.0 Å². The zero-order chi connectivity index (χ0) is 27.5. The van der Waals surface area contributed by atoms with Crippen molar-refractivity contribution >= 4 is 23.7 Å². The molecule has 0 saturated carbocycles. The van der Waals surface area contributed by atoms with Crippen molar-refractivity contribution < 1.29 is 23.9 Å². The van der Waals surface area contributed by atoms with Crippen LogP contribution in [0.2, 0.25) is 0 Å². The van der Waals surface area contributed by atoms with Gasteiger partial charge in [-0.3, -0.25) is 14.4 Å². The number of ether oxygens (including phenoxy) is 1. The van der Waals surface area contributed by atoms with Crippen LogP contribution in [-0.4, -0.2) is 47.9 Å². The lowest BCUT2D eigenvalue weighted by Gasteiger charge is -2.27. The fourth-order valence-electron chi connectivity index (χ4n) is 4.46. The molecule has 0 bridgehead atoms. The number of nitrogens with zero attached hydrogens (tertiary/aromatic N) is 1. The van der Waals surface area contributed by atoms with Gasteiger partial charge in [0.25, 0.3) is 0 Å². The van der Waals surface area contributed by atoms with Gasteiger partial charge >= 0.3 is 5.97 Å². The van der Waals surface area contributed by atoms with E-state index in [1.165, 1.54) is 6.92 Å². The minimum Gasteiger partial charge on any atom is -0.460 e. The highest BCUT2D eigenvalue weighted by Gasteiger charge is 2.34. The number of amides is 3. The summed E-state index contributed by atoms with van der Waals surface area (Å²) in [6, 6.07) is -0.535. The molecule has 204 valence electrons. The Morgan fingerprint density at radius 1 is 1.08 bits per heavy atom. The first-order valence-electron chi connectivity index (χ1n) is 13.4. The summed E-state index contributed by atoms with van der Waals surface area (Å²) in [7, 11) is 0. The van der Waals surface area contributed by atoms with Crippen molar-refractivity contribution in [1.82, 2.24) is 16.0 Å². The number of nitriles is 1. The number of unbranched alkanes of at least 4 members (excludes halogenated alkanes) is 1. The van der Waals surface area contributed by atoms with E-state index in [9.17, 15) is 19.2 Å². The predicted molar refractivity (Wildman–Crippen MR) is 140 cm³/mol. The number of allylic oxidation sites excluding steroid dienone is 3. The van der Waals surface area contributed by atoms with Crippen LogP contribution in [-0.2, 0) is 23.9 Å². The Balaban J connectivity index is 2.33. The number of rotatable bonds is 8. The lowest BCUT2D eigenvalue weighted by molar-refractivity contribution is -0.157. The average Bonchev–Trinajstić information content (AvgIpc) is 2.85. The van der Waals surface area contributed by atoms with Crippen LogP contribution in [0.15, 0.2) is 23.8 Å². The molecule has 0 aromatic rings. The van der Waals surface area contributed by atoms with Crippen LogP contribution in [0.25, 0.3) is 0 Å². The zero-order valence-electron chi connectivity index (χ0n) is 22.7. The van der Waals surface area contributed by atoms with Gasteiger partial charge < -0.3 is 20.7 Å². The molecular weight excluding hydrogens is 472 g/mol. The van der Waals surface area contributed by atoms with Gasteiger partial charge in [-0.05, 0) is 43.6 Å². The van der Waals surface area contributed by atoms with E-state index in [-0.39, 0.29) is 30.6 Å². The summed E-state index contributed by atoms with van der Waals surface area (Å²) in [4.78, 5) is 52.4. The molecule has 1 fully saturated rings. The third-order valence-corrected chi connectivity index (χ3v) is 6.80. The second-order valence-electron chi connectivity index (χ2n) is 10.7. The van der Waals surface area contributed by atoms with Crippen LogP contribution >= 0.6 is 0 Å². The number of hydrogen-bond donors (Lipinski definition) is 3. The third-order valence-electron chi connectivity index (χ3n) is 6.80. The lowest BCUT2D eigenvalue weighted by atomic mass is 9.93. The Bertz CT molecular complexity index is 935. The van der Waals surface area contributed by atoms with Crippen molar-refractivity contribution in [2.45, 2.75) is 104 Å². The number of carbonyl (C=O) groups is 4. The van der Waals surface area contributed by atoms with Gasteiger partial charge in [0, 0.05) is 6.42 Å². The van der Waals surface area contributed by atoms with Crippen LogP contribution in [0.4, 0.5) is 0 Å². The second kappa shape index (κ2) is 14.6. The van der Waals surface area contributed by atoms with Gasteiger partial charge in [-0.25, -0.2) is 4.79 Å². The Kier molecular flexibility index (Phi) is 11.8. The molecule has 2 aliphatic rings. The van der Waals surface area contributed by atoms with E-state index >= 15 is 0 Å². The fourth-order valence-corrected chi connectivity index (χ4v) is 4.46. The molecule has 37 heavy (non-hydrogen) atoms. The monoisotopic (exact) mass is 514 g/mol. The molecule has 1 heterocycles. The molecule has 0 spiro atoms. The van der Waals surface area contributed by atoms with Gasteiger partial charge in [0.15, 0.2) is 0 Å². The number of cyclic esters (lactones) is 1. The van der Waals surface area contributed by atoms with Gasteiger partial charge in [-0.2, -0.15) is 5.26 Å². The van der Waals surface area contributed by atoms with E-state index in [1.807, 2.05) is 26.8 Å². The SMILES string of the molecule is CCCC[C@H](C)[C@@H]1CC(=O)N[C@H](CC2=CCC(C#N)C=C2)C(=O)N[C@@H](C)C(=O)N[C@H](CC(C)C)C(=O)O1. The molecular formula is C28H42N4O5. The summed E-state index contributed by atoms with van der Waals surface area (Å²) in [5, 5.41) is 17.3. The zero-order valence-corrected chi connectivity index (χ0v) is 22.7. The van der Waals surface area contributed by atoms with Crippen molar-refractivity contribution in [2.24, 2.45) is 17.8 Å². The maximum atomic E-state index is 13.2. The van der Waals surface area contributed by atoms with Crippen molar-refractivity contribution in [2.75, 3.05) is 0 Å². The largest absolute Gasteiger partial charge is 0.460 e. The quantitative estimate of drug-likeness (QED) is 0.426. The summed E-state index contributed by atoms with van der Waals surface area (Å²) in [6.07, 6.45) is 8.50. The topological polar surface area (TPSA) is 137 Å². The molecule has 6 atom stereocenters. The van der Waals surface area contributed by atoms with Crippen LogP contribution in [0.3, 0.4) is 0 Å². The first-order valence-corrected chi connectivity index (χ1v) is 13.4. The summed E-state index contributed by atoms with van der Waals surface area (Å²) in [5.74, 6) is -2.13. The van der Waals surface area contributed by atoms with Crippen molar-refractivity contribution in [1.29, 1.82) is 5.26 Å². The molecule has 3 amide bonds. The van der Waals surface area contributed by atoms with Gasteiger partial charge in [-0.15, -0.1) is 0 Å².